The van der Waals surface area contributed by atoms with Gasteiger partial charge in [-0.25, -0.2) is 4.98 Å². The normalized spacial score (nSPS) is 10.8. The molecule has 0 aliphatic rings. The summed E-state index contributed by atoms with van der Waals surface area (Å²) in [6.07, 6.45) is 0. The van der Waals surface area contributed by atoms with Gasteiger partial charge >= 0.3 is 5.97 Å². The van der Waals surface area contributed by atoms with E-state index in [0.717, 1.165) is 5.56 Å². The van der Waals surface area contributed by atoms with Crippen LogP contribution in [0.1, 0.15) is 12.5 Å². The summed E-state index contributed by atoms with van der Waals surface area (Å²) in [6.45, 7) is 2.51. The van der Waals surface area contributed by atoms with E-state index in [0.29, 0.717) is 29.2 Å². The van der Waals surface area contributed by atoms with Gasteiger partial charge in [0.2, 0.25) is 0 Å². The van der Waals surface area contributed by atoms with Gasteiger partial charge in [-0.05, 0) is 24.6 Å². The molecule has 5 nitrogen and oxygen atoms in total. The summed E-state index contributed by atoms with van der Waals surface area (Å²) in [4.78, 5) is 29.2. The van der Waals surface area contributed by atoms with E-state index < -0.39 is 0 Å². The van der Waals surface area contributed by atoms with Gasteiger partial charge in [-0.1, -0.05) is 54.2 Å². The average Bonchev–Trinajstić information content (AvgIpc) is 2.64. The molecule has 128 valence electrons. The predicted octanol–water partition coefficient (Wildman–Crippen LogP) is 3.10. The maximum Gasteiger partial charge on any atom is 0.316 e. The maximum atomic E-state index is 12.9. The van der Waals surface area contributed by atoms with E-state index in [1.165, 1.54) is 11.8 Å². The summed E-state index contributed by atoms with van der Waals surface area (Å²) in [5.74, 6) is -0.200. The molecule has 0 bridgehead atoms. The summed E-state index contributed by atoms with van der Waals surface area (Å²) < 4.78 is 6.58. The van der Waals surface area contributed by atoms with E-state index >= 15 is 0 Å². The number of carbonyl (C=O) groups is 1. The summed E-state index contributed by atoms with van der Waals surface area (Å²) in [5, 5.41) is 1.08. The van der Waals surface area contributed by atoms with Gasteiger partial charge in [-0.2, -0.15) is 0 Å². The molecule has 0 N–H and O–H groups in total. The first-order valence-electron chi connectivity index (χ1n) is 8.01. The van der Waals surface area contributed by atoms with Crippen LogP contribution in [0, 0.1) is 0 Å². The molecule has 0 unspecified atom stereocenters. The molecular formula is C19H18N2O3S. The fourth-order valence-corrected chi connectivity index (χ4v) is 3.29. The number of ether oxygens (including phenoxy) is 1. The average molecular weight is 354 g/mol. The Labute approximate surface area is 149 Å². The number of benzene rings is 2. The molecule has 1 heterocycles. The lowest BCUT2D eigenvalue weighted by molar-refractivity contribution is -0.139. The Hall–Kier alpha value is -2.60. The van der Waals surface area contributed by atoms with Crippen molar-refractivity contribution in [2.45, 2.75) is 18.6 Å². The smallest absolute Gasteiger partial charge is 0.316 e. The molecule has 0 amide bonds. The Morgan fingerprint density at radius 2 is 1.84 bits per heavy atom. The Morgan fingerprint density at radius 3 is 2.60 bits per heavy atom. The summed E-state index contributed by atoms with van der Waals surface area (Å²) in [5.41, 5.74) is 1.52. The molecule has 2 aromatic carbocycles. The second-order valence-electron chi connectivity index (χ2n) is 5.38. The van der Waals surface area contributed by atoms with Crippen molar-refractivity contribution in [2.75, 3.05) is 12.4 Å². The summed E-state index contributed by atoms with van der Waals surface area (Å²) >= 11 is 1.22. The number of esters is 1. The first-order valence-corrected chi connectivity index (χ1v) is 8.99. The first-order chi connectivity index (χ1) is 12.2. The Balaban J connectivity index is 2.01. The van der Waals surface area contributed by atoms with Crippen molar-refractivity contribution in [3.8, 4) is 0 Å². The number of carbonyl (C=O) groups excluding carboxylic acids is 1. The Kier molecular flexibility index (Phi) is 5.50. The van der Waals surface area contributed by atoms with E-state index in [1.807, 2.05) is 42.5 Å². The van der Waals surface area contributed by atoms with Crippen LogP contribution in [0.3, 0.4) is 0 Å². The van der Waals surface area contributed by atoms with Gasteiger partial charge in [0.1, 0.15) is 0 Å². The van der Waals surface area contributed by atoms with Gasteiger partial charge < -0.3 is 4.74 Å². The summed E-state index contributed by atoms with van der Waals surface area (Å²) in [6, 6.07) is 17.0. The molecule has 0 atom stereocenters. The quantitative estimate of drug-likeness (QED) is 0.387. The van der Waals surface area contributed by atoms with Crippen molar-refractivity contribution >= 4 is 28.6 Å². The van der Waals surface area contributed by atoms with Gasteiger partial charge in [-0.3, -0.25) is 14.2 Å². The number of hydrogen-bond donors (Lipinski definition) is 0. The van der Waals surface area contributed by atoms with Crippen molar-refractivity contribution in [2.24, 2.45) is 0 Å². The molecule has 0 saturated carbocycles. The SMILES string of the molecule is CCOC(=O)CSc1nc2ccccc2c(=O)n1Cc1ccccc1. The molecule has 0 saturated heterocycles. The third-order valence-corrected chi connectivity index (χ3v) is 4.58. The van der Waals surface area contributed by atoms with Crippen LogP contribution in [0.25, 0.3) is 10.9 Å². The van der Waals surface area contributed by atoms with Crippen molar-refractivity contribution < 1.29 is 9.53 Å². The van der Waals surface area contributed by atoms with Crippen LogP contribution >= 0.6 is 11.8 Å². The number of aromatic nitrogens is 2. The first kappa shape index (κ1) is 17.2. The molecule has 6 heteroatoms. The molecule has 0 aliphatic heterocycles. The molecule has 0 fully saturated rings. The Morgan fingerprint density at radius 1 is 1.12 bits per heavy atom. The number of hydrogen-bond acceptors (Lipinski definition) is 5. The standard InChI is InChI=1S/C19H18N2O3S/c1-2-24-17(22)13-25-19-20-16-11-7-6-10-15(16)18(23)21(19)12-14-8-4-3-5-9-14/h3-11H,2,12-13H2,1H3. The Bertz CT molecular complexity index is 938. The van der Waals surface area contributed by atoms with Crippen LogP contribution in [0.4, 0.5) is 0 Å². The fourth-order valence-electron chi connectivity index (χ4n) is 2.49. The van der Waals surface area contributed by atoms with Crippen LogP contribution in [0.5, 0.6) is 0 Å². The van der Waals surface area contributed by atoms with E-state index in [2.05, 4.69) is 4.98 Å². The topological polar surface area (TPSA) is 61.2 Å². The van der Waals surface area contributed by atoms with Gasteiger partial charge in [0.05, 0.1) is 29.8 Å². The third-order valence-electron chi connectivity index (χ3n) is 3.63. The number of thioether (sulfide) groups is 1. The van der Waals surface area contributed by atoms with E-state index in [-0.39, 0.29) is 17.3 Å². The minimum absolute atomic E-state index is 0.110. The van der Waals surface area contributed by atoms with Gasteiger partial charge in [0.25, 0.3) is 5.56 Å². The zero-order chi connectivity index (χ0) is 17.6. The van der Waals surface area contributed by atoms with Crippen molar-refractivity contribution in [1.29, 1.82) is 0 Å². The van der Waals surface area contributed by atoms with Crippen LogP contribution in [-0.4, -0.2) is 27.9 Å². The van der Waals surface area contributed by atoms with E-state index in [4.69, 9.17) is 4.74 Å². The van der Waals surface area contributed by atoms with Gasteiger partial charge in [0.15, 0.2) is 5.16 Å². The zero-order valence-corrected chi connectivity index (χ0v) is 14.7. The lowest BCUT2D eigenvalue weighted by Crippen LogP contribution is -2.24. The fraction of sp³-hybridized carbons (Fsp3) is 0.211. The monoisotopic (exact) mass is 354 g/mol. The largest absolute Gasteiger partial charge is 0.465 e. The molecule has 0 aliphatic carbocycles. The van der Waals surface area contributed by atoms with Crippen LogP contribution in [-0.2, 0) is 16.1 Å². The number of nitrogens with zero attached hydrogens (tertiary/aromatic N) is 2. The van der Waals surface area contributed by atoms with E-state index in [9.17, 15) is 9.59 Å². The molecule has 3 aromatic rings. The molecule has 0 radical (unpaired) electrons. The van der Waals surface area contributed by atoms with Crippen molar-refractivity contribution in [3.63, 3.8) is 0 Å². The highest BCUT2D eigenvalue weighted by molar-refractivity contribution is 7.99. The molecule has 3 rings (SSSR count). The zero-order valence-electron chi connectivity index (χ0n) is 13.8. The van der Waals surface area contributed by atoms with Gasteiger partial charge in [-0.15, -0.1) is 0 Å². The number of para-hydroxylation sites is 1. The minimum Gasteiger partial charge on any atom is -0.465 e. The highest BCUT2D eigenvalue weighted by Gasteiger charge is 2.14. The van der Waals surface area contributed by atoms with Crippen molar-refractivity contribution in [1.82, 2.24) is 9.55 Å². The van der Waals surface area contributed by atoms with Gasteiger partial charge in [0, 0.05) is 0 Å². The minimum atomic E-state index is -0.318. The lowest BCUT2D eigenvalue weighted by atomic mass is 10.2. The van der Waals surface area contributed by atoms with E-state index in [1.54, 1.807) is 23.6 Å². The summed E-state index contributed by atoms with van der Waals surface area (Å²) in [7, 11) is 0. The van der Waals surface area contributed by atoms with Crippen LogP contribution in [0.2, 0.25) is 0 Å². The molecular weight excluding hydrogens is 336 g/mol. The van der Waals surface area contributed by atoms with Crippen LogP contribution in [0.15, 0.2) is 64.5 Å². The predicted molar refractivity (Wildman–Crippen MR) is 98.9 cm³/mol. The highest BCUT2D eigenvalue weighted by atomic mass is 32.2. The highest BCUT2D eigenvalue weighted by Crippen LogP contribution is 2.19. The maximum absolute atomic E-state index is 12.9. The van der Waals surface area contributed by atoms with Crippen molar-refractivity contribution in [3.05, 3.63) is 70.5 Å². The lowest BCUT2D eigenvalue weighted by Gasteiger charge is -2.13. The molecule has 1 aromatic heterocycles. The molecule has 25 heavy (non-hydrogen) atoms. The van der Waals surface area contributed by atoms with Crippen LogP contribution < -0.4 is 5.56 Å². The third kappa shape index (κ3) is 4.09. The number of fused-ring (bicyclic) bond motifs is 1. The second-order valence-corrected chi connectivity index (χ2v) is 6.32. The number of rotatable bonds is 6. The molecule has 0 spiro atoms. The second kappa shape index (κ2) is 7.98.